The molecule has 4 rings (SSSR count). The summed E-state index contributed by atoms with van der Waals surface area (Å²) in [7, 11) is 0. The first-order chi connectivity index (χ1) is 13.7. The first kappa shape index (κ1) is 21.5. The Hall–Kier alpha value is -0.780. The molecular weight excluding hydrogens is 348 g/mol. The minimum atomic E-state index is 0.515. The lowest BCUT2D eigenvalue weighted by molar-refractivity contribution is 0.111. The van der Waals surface area contributed by atoms with E-state index in [0.29, 0.717) is 22.7 Å². The van der Waals surface area contributed by atoms with Crippen LogP contribution in [0.15, 0.2) is 36.0 Å². The van der Waals surface area contributed by atoms with Crippen molar-refractivity contribution in [2.45, 2.75) is 92.9 Å². The summed E-state index contributed by atoms with van der Waals surface area (Å²) in [5.74, 6) is 5.58. The van der Waals surface area contributed by atoms with Crippen LogP contribution in [0.2, 0.25) is 0 Å². The molecule has 0 nitrogen and oxygen atoms in total. The van der Waals surface area contributed by atoms with Crippen LogP contribution in [0.1, 0.15) is 92.9 Å². The number of rotatable bonds is 6. The number of fused-ring (bicyclic) bond motifs is 2. The Labute approximate surface area is 181 Å². The van der Waals surface area contributed by atoms with E-state index in [-0.39, 0.29) is 0 Å². The smallest absolute Gasteiger partial charge is 0.00219 e. The van der Waals surface area contributed by atoms with Crippen molar-refractivity contribution in [3.8, 4) is 0 Å². The third-order valence-electron chi connectivity index (χ3n) is 10.3. The zero-order valence-electron chi connectivity index (χ0n) is 20.1. The van der Waals surface area contributed by atoms with Crippen molar-refractivity contribution in [3.05, 3.63) is 36.0 Å². The largest absolute Gasteiger partial charge is 0.0990 e. The summed E-state index contributed by atoms with van der Waals surface area (Å²) < 4.78 is 0. The van der Waals surface area contributed by atoms with E-state index in [9.17, 15) is 0 Å². The minimum absolute atomic E-state index is 0.515. The van der Waals surface area contributed by atoms with E-state index in [1.165, 1.54) is 51.4 Å². The second kappa shape index (κ2) is 7.72. The molecule has 4 saturated carbocycles. The van der Waals surface area contributed by atoms with Crippen molar-refractivity contribution in [2.24, 2.45) is 52.3 Å². The monoisotopic (exact) mass is 394 g/mol. The molecule has 0 spiro atoms. The third-order valence-corrected chi connectivity index (χ3v) is 10.3. The summed E-state index contributed by atoms with van der Waals surface area (Å²) in [4.78, 5) is 0. The molecule has 29 heavy (non-hydrogen) atoms. The molecular formula is C29H46. The van der Waals surface area contributed by atoms with Gasteiger partial charge in [-0.15, -0.1) is 0 Å². The van der Waals surface area contributed by atoms with E-state index in [4.69, 9.17) is 0 Å². The lowest BCUT2D eigenvalue weighted by Gasteiger charge is -2.44. The summed E-state index contributed by atoms with van der Waals surface area (Å²) in [5, 5.41) is 0. The molecule has 4 aliphatic rings. The molecule has 0 aromatic heterocycles. The SMILES string of the molecule is C=C1C(C)CC2CC12CC=C1CCCC2(C)C1CCC2C(C)C=CC(C)C(C)C. The van der Waals surface area contributed by atoms with Gasteiger partial charge in [-0.25, -0.2) is 0 Å². The fourth-order valence-corrected chi connectivity index (χ4v) is 7.73. The quantitative estimate of drug-likeness (QED) is 0.395. The van der Waals surface area contributed by atoms with Gasteiger partial charge in [0.15, 0.2) is 0 Å². The zero-order chi connectivity index (χ0) is 21.0. The maximum atomic E-state index is 4.52. The van der Waals surface area contributed by atoms with Gasteiger partial charge in [0.05, 0.1) is 0 Å². The van der Waals surface area contributed by atoms with Crippen molar-refractivity contribution < 1.29 is 0 Å². The highest BCUT2D eigenvalue weighted by molar-refractivity contribution is 5.33. The van der Waals surface area contributed by atoms with Crippen molar-refractivity contribution >= 4 is 0 Å². The fourth-order valence-electron chi connectivity index (χ4n) is 7.73. The summed E-state index contributed by atoms with van der Waals surface area (Å²) >= 11 is 0. The molecule has 8 atom stereocenters. The highest BCUT2D eigenvalue weighted by Gasteiger charge is 2.60. The molecule has 0 radical (unpaired) electrons. The Morgan fingerprint density at radius 2 is 1.90 bits per heavy atom. The first-order valence-corrected chi connectivity index (χ1v) is 12.8. The zero-order valence-corrected chi connectivity index (χ0v) is 20.1. The molecule has 0 aromatic rings. The molecule has 0 aliphatic heterocycles. The Kier molecular flexibility index (Phi) is 5.71. The normalized spacial score (nSPS) is 45.1. The van der Waals surface area contributed by atoms with Crippen molar-refractivity contribution in [1.82, 2.24) is 0 Å². The van der Waals surface area contributed by atoms with Gasteiger partial charge >= 0.3 is 0 Å². The Bertz CT molecular complexity index is 693. The lowest BCUT2D eigenvalue weighted by atomic mass is 9.61. The van der Waals surface area contributed by atoms with Gasteiger partial charge < -0.3 is 0 Å². The van der Waals surface area contributed by atoms with E-state index < -0.39 is 0 Å². The highest BCUT2D eigenvalue weighted by Crippen LogP contribution is 2.70. The molecule has 4 fully saturated rings. The Balaban J connectivity index is 1.46. The van der Waals surface area contributed by atoms with Crippen LogP contribution in [-0.4, -0.2) is 0 Å². The molecule has 0 heteroatoms. The Morgan fingerprint density at radius 1 is 1.14 bits per heavy atom. The van der Waals surface area contributed by atoms with Crippen LogP contribution in [0.25, 0.3) is 0 Å². The third kappa shape index (κ3) is 3.61. The van der Waals surface area contributed by atoms with Crippen LogP contribution in [-0.2, 0) is 0 Å². The highest BCUT2D eigenvalue weighted by atomic mass is 14.6. The van der Waals surface area contributed by atoms with Gasteiger partial charge in [0.1, 0.15) is 0 Å². The van der Waals surface area contributed by atoms with E-state index in [0.717, 1.165) is 29.6 Å². The molecule has 4 aliphatic carbocycles. The average molecular weight is 395 g/mol. The van der Waals surface area contributed by atoms with Crippen molar-refractivity contribution in [1.29, 1.82) is 0 Å². The lowest BCUT2D eigenvalue weighted by Crippen LogP contribution is -2.35. The molecule has 0 heterocycles. The summed E-state index contributed by atoms with van der Waals surface area (Å²) in [6.45, 7) is 19.1. The van der Waals surface area contributed by atoms with Gasteiger partial charge in [-0.2, -0.15) is 0 Å². The van der Waals surface area contributed by atoms with Crippen molar-refractivity contribution in [2.75, 3.05) is 0 Å². The second-order valence-corrected chi connectivity index (χ2v) is 12.1. The number of hydrogen-bond acceptors (Lipinski definition) is 0. The molecule has 8 unspecified atom stereocenters. The fraction of sp³-hybridized carbons (Fsp3) is 0.793. The molecule has 0 aromatic carbocycles. The van der Waals surface area contributed by atoms with Gasteiger partial charge in [0, 0.05) is 0 Å². The molecule has 0 saturated heterocycles. The van der Waals surface area contributed by atoms with Crippen LogP contribution in [0.5, 0.6) is 0 Å². The van der Waals surface area contributed by atoms with E-state index in [1.807, 2.05) is 5.57 Å². The minimum Gasteiger partial charge on any atom is -0.0990 e. The molecule has 0 N–H and O–H groups in total. The summed E-state index contributed by atoms with van der Waals surface area (Å²) in [5.41, 5.74) is 4.46. The van der Waals surface area contributed by atoms with Gasteiger partial charge in [0.2, 0.25) is 0 Å². The molecule has 0 bridgehead atoms. The second-order valence-electron chi connectivity index (χ2n) is 12.1. The van der Waals surface area contributed by atoms with Crippen LogP contribution in [0.4, 0.5) is 0 Å². The predicted molar refractivity (Wildman–Crippen MR) is 127 cm³/mol. The number of hydrogen-bond donors (Lipinski definition) is 0. The van der Waals surface area contributed by atoms with Gasteiger partial charge in [-0.3, -0.25) is 0 Å². The summed E-state index contributed by atoms with van der Waals surface area (Å²) in [6, 6.07) is 0. The van der Waals surface area contributed by atoms with Gasteiger partial charge in [-0.05, 0) is 104 Å². The number of allylic oxidation sites excluding steroid dienone is 5. The standard InChI is InChI=1S/C29H46/c1-19(2)20(3)10-11-21(4)26-12-13-27-24(9-8-15-28(26,27)7)14-16-29-18-25(29)17-22(5)23(29)6/h10-11,14,19-22,25-27H,6,8-9,12-13,15-18H2,1-5,7H3. The molecule has 0 amide bonds. The van der Waals surface area contributed by atoms with E-state index in [2.05, 4.69) is 66.3 Å². The van der Waals surface area contributed by atoms with E-state index >= 15 is 0 Å². The van der Waals surface area contributed by atoms with Crippen LogP contribution < -0.4 is 0 Å². The van der Waals surface area contributed by atoms with Gasteiger partial charge in [-0.1, -0.05) is 77.5 Å². The van der Waals surface area contributed by atoms with E-state index in [1.54, 1.807) is 5.57 Å². The predicted octanol–water partition coefficient (Wildman–Crippen LogP) is 8.61. The maximum absolute atomic E-state index is 4.52. The first-order valence-electron chi connectivity index (χ1n) is 12.8. The van der Waals surface area contributed by atoms with Crippen LogP contribution >= 0.6 is 0 Å². The van der Waals surface area contributed by atoms with Crippen LogP contribution in [0, 0.1) is 52.3 Å². The van der Waals surface area contributed by atoms with Crippen LogP contribution in [0.3, 0.4) is 0 Å². The summed E-state index contributed by atoms with van der Waals surface area (Å²) in [6.07, 6.45) is 19.0. The van der Waals surface area contributed by atoms with Gasteiger partial charge in [0.25, 0.3) is 0 Å². The molecule has 162 valence electrons. The Morgan fingerprint density at radius 3 is 2.55 bits per heavy atom. The topological polar surface area (TPSA) is 0 Å². The average Bonchev–Trinajstić information content (AvgIpc) is 3.16. The van der Waals surface area contributed by atoms with Crippen molar-refractivity contribution in [3.63, 3.8) is 0 Å². The maximum Gasteiger partial charge on any atom is -0.00219 e.